The van der Waals surface area contributed by atoms with E-state index in [0.717, 1.165) is 11.3 Å². The van der Waals surface area contributed by atoms with E-state index in [1.54, 1.807) is 12.6 Å². The summed E-state index contributed by atoms with van der Waals surface area (Å²) in [6.45, 7) is 4.68. The summed E-state index contributed by atoms with van der Waals surface area (Å²) in [6, 6.07) is 4.00. The maximum atomic E-state index is 5.94. The Labute approximate surface area is 120 Å². The summed E-state index contributed by atoms with van der Waals surface area (Å²) < 4.78 is 7.31. The molecule has 20 heavy (non-hydrogen) atoms. The first-order chi connectivity index (χ1) is 9.65. The minimum Gasteiger partial charge on any atom is -0.467 e. The van der Waals surface area contributed by atoms with Gasteiger partial charge in [0.2, 0.25) is 5.28 Å². The fourth-order valence-electron chi connectivity index (χ4n) is 2.02. The molecule has 3 aromatic rings. The van der Waals surface area contributed by atoms with E-state index in [0.29, 0.717) is 18.0 Å². The Morgan fingerprint density at radius 1 is 1.40 bits per heavy atom. The Hall–Kier alpha value is -2.08. The van der Waals surface area contributed by atoms with Gasteiger partial charge in [-0.1, -0.05) is 0 Å². The van der Waals surface area contributed by atoms with Crippen molar-refractivity contribution >= 4 is 28.6 Å². The molecule has 6 nitrogen and oxygen atoms in total. The third kappa shape index (κ3) is 2.34. The highest BCUT2D eigenvalue weighted by Gasteiger charge is 2.14. The van der Waals surface area contributed by atoms with E-state index < -0.39 is 0 Å². The minimum absolute atomic E-state index is 0.174. The van der Waals surface area contributed by atoms with E-state index in [4.69, 9.17) is 16.0 Å². The molecule has 0 spiro atoms. The fourth-order valence-corrected chi connectivity index (χ4v) is 2.18. The summed E-state index contributed by atoms with van der Waals surface area (Å²) in [4.78, 5) is 12.7. The molecule has 0 unspecified atom stereocenters. The lowest BCUT2D eigenvalue weighted by Gasteiger charge is -2.11. The van der Waals surface area contributed by atoms with Crippen LogP contribution in [0.25, 0.3) is 11.2 Å². The number of rotatable bonds is 4. The van der Waals surface area contributed by atoms with Crippen LogP contribution in [0.3, 0.4) is 0 Å². The van der Waals surface area contributed by atoms with Crippen molar-refractivity contribution in [2.45, 2.75) is 26.4 Å². The molecule has 0 atom stereocenters. The summed E-state index contributed by atoms with van der Waals surface area (Å²) in [5.41, 5.74) is 1.43. The van der Waals surface area contributed by atoms with E-state index in [2.05, 4.69) is 34.1 Å². The van der Waals surface area contributed by atoms with Gasteiger partial charge in [0.05, 0.1) is 19.1 Å². The van der Waals surface area contributed by atoms with Crippen molar-refractivity contribution in [2.75, 3.05) is 5.32 Å². The van der Waals surface area contributed by atoms with Crippen LogP contribution in [0.5, 0.6) is 0 Å². The number of hydrogen-bond acceptors (Lipinski definition) is 5. The highest BCUT2D eigenvalue weighted by Crippen LogP contribution is 2.24. The number of aromatic nitrogens is 4. The van der Waals surface area contributed by atoms with Gasteiger partial charge >= 0.3 is 0 Å². The lowest BCUT2D eigenvalue weighted by atomic mass is 10.3. The molecule has 0 saturated carbocycles. The zero-order valence-corrected chi connectivity index (χ0v) is 11.9. The maximum Gasteiger partial charge on any atom is 0.226 e. The molecule has 0 aromatic carbocycles. The quantitative estimate of drug-likeness (QED) is 0.747. The first kappa shape index (κ1) is 12.9. The smallest absolute Gasteiger partial charge is 0.226 e. The van der Waals surface area contributed by atoms with E-state index >= 15 is 0 Å². The summed E-state index contributed by atoms with van der Waals surface area (Å²) >= 11 is 5.94. The second-order valence-corrected chi connectivity index (χ2v) is 5.03. The number of nitrogens with zero attached hydrogens (tertiary/aromatic N) is 4. The zero-order valence-electron chi connectivity index (χ0n) is 11.2. The van der Waals surface area contributed by atoms with E-state index in [1.165, 1.54) is 0 Å². The molecule has 0 saturated heterocycles. The van der Waals surface area contributed by atoms with Crippen molar-refractivity contribution < 1.29 is 4.42 Å². The Bertz CT molecular complexity index is 720. The van der Waals surface area contributed by atoms with Crippen LogP contribution < -0.4 is 5.32 Å². The van der Waals surface area contributed by atoms with Gasteiger partial charge in [0.15, 0.2) is 11.5 Å². The molecule has 3 rings (SSSR count). The predicted molar refractivity (Wildman–Crippen MR) is 76.8 cm³/mol. The monoisotopic (exact) mass is 291 g/mol. The Morgan fingerprint density at radius 3 is 2.95 bits per heavy atom. The number of furan rings is 1. The van der Waals surface area contributed by atoms with Gasteiger partial charge in [-0.2, -0.15) is 9.97 Å². The molecule has 3 heterocycles. The molecule has 0 radical (unpaired) electrons. The van der Waals surface area contributed by atoms with Gasteiger partial charge in [0, 0.05) is 6.04 Å². The van der Waals surface area contributed by atoms with Crippen LogP contribution in [0.4, 0.5) is 5.82 Å². The highest BCUT2D eigenvalue weighted by molar-refractivity contribution is 6.28. The standard InChI is InChI=1S/C13H14ClN5O/c1-8(2)19-7-16-12-10(19)11(17-13(14)18-12)15-6-9-4-3-5-20-9/h3-5,7-8H,6H2,1-2H3,(H,15,17,18). The number of hydrogen-bond donors (Lipinski definition) is 1. The van der Waals surface area contributed by atoms with Gasteiger partial charge in [-0.25, -0.2) is 4.98 Å². The Morgan fingerprint density at radius 2 is 2.25 bits per heavy atom. The van der Waals surface area contributed by atoms with Crippen LogP contribution in [-0.4, -0.2) is 19.5 Å². The van der Waals surface area contributed by atoms with Crippen molar-refractivity contribution in [1.82, 2.24) is 19.5 Å². The summed E-state index contributed by atoms with van der Waals surface area (Å²) in [5, 5.41) is 3.40. The Kier molecular flexibility index (Phi) is 3.31. The van der Waals surface area contributed by atoms with Crippen LogP contribution in [0, 0.1) is 0 Å². The normalized spacial score (nSPS) is 11.4. The van der Waals surface area contributed by atoms with Gasteiger partial charge in [-0.05, 0) is 37.6 Å². The second-order valence-electron chi connectivity index (χ2n) is 4.69. The molecule has 104 valence electrons. The number of fused-ring (bicyclic) bond motifs is 1. The minimum atomic E-state index is 0.174. The molecule has 0 amide bonds. The molecular weight excluding hydrogens is 278 g/mol. The van der Waals surface area contributed by atoms with Crippen molar-refractivity contribution in [1.29, 1.82) is 0 Å². The van der Waals surface area contributed by atoms with Gasteiger partial charge < -0.3 is 14.3 Å². The molecule has 7 heteroatoms. The van der Waals surface area contributed by atoms with Crippen LogP contribution in [0.1, 0.15) is 25.6 Å². The summed E-state index contributed by atoms with van der Waals surface area (Å²) in [7, 11) is 0. The van der Waals surface area contributed by atoms with E-state index in [9.17, 15) is 0 Å². The van der Waals surface area contributed by atoms with Crippen molar-refractivity contribution in [3.8, 4) is 0 Å². The summed E-state index contributed by atoms with van der Waals surface area (Å²) in [6.07, 6.45) is 3.39. The third-order valence-corrected chi connectivity index (χ3v) is 3.14. The second kappa shape index (κ2) is 5.13. The molecule has 0 bridgehead atoms. The van der Waals surface area contributed by atoms with Crippen LogP contribution in [0.15, 0.2) is 29.1 Å². The van der Waals surface area contributed by atoms with Gasteiger partial charge in [0.1, 0.15) is 11.3 Å². The molecule has 1 N–H and O–H groups in total. The average molecular weight is 292 g/mol. The average Bonchev–Trinajstić information content (AvgIpc) is 3.04. The topological polar surface area (TPSA) is 68.8 Å². The molecule has 0 aliphatic rings. The molecule has 3 aromatic heterocycles. The zero-order chi connectivity index (χ0) is 14.1. The lowest BCUT2D eigenvalue weighted by Crippen LogP contribution is -2.06. The highest BCUT2D eigenvalue weighted by atomic mass is 35.5. The van der Waals surface area contributed by atoms with Gasteiger partial charge in [-0.3, -0.25) is 0 Å². The van der Waals surface area contributed by atoms with E-state index in [1.807, 2.05) is 16.7 Å². The Balaban J connectivity index is 2.01. The molecule has 0 fully saturated rings. The fraction of sp³-hybridized carbons (Fsp3) is 0.308. The maximum absolute atomic E-state index is 5.94. The summed E-state index contributed by atoms with van der Waals surface area (Å²) in [5.74, 6) is 1.48. The first-order valence-electron chi connectivity index (χ1n) is 6.31. The first-order valence-corrected chi connectivity index (χ1v) is 6.69. The largest absolute Gasteiger partial charge is 0.467 e. The lowest BCUT2D eigenvalue weighted by molar-refractivity contribution is 0.518. The number of nitrogens with one attached hydrogen (secondary N) is 1. The molecule has 0 aliphatic carbocycles. The van der Waals surface area contributed by atoms with Crippen LogP contribution >= 0.6 is 11.6 Å². The SMILES string of the molecule is CC(C)n1cnc2nc(Cl)nc(NCc3ccco3)c21. The van der Waals surface area contributed by atoms with Gasteiger partial charge in [0.25, 0.3) is 0 Å². The van der Waals surface area contributed by atoms with Crippen LogP contribution in [0.2, 0.25) is 5.28 Å². The molecular formula is C13H14ClN5O. The predicted octanol–water partition coefficient (Wildman–Crippen LogP) is 3.27. The van der Waals surface area contributed by atoms with E-state index in [-0.39, 0.29) is 11.3 Å². The molecule has 0 aliphatic heterocycles. The van der Waals surface area contributed by atoms with Gasteiger partial charge in [-0.15, -0.1) is 0 Å². The van der Waals surface area contributed by atoms with Crippen molar-refractivity contribution in [3.05, 3.63) is 35.8 Å². The number of anilines is 1. The third-order valence-electron chi connectivity index (χ3n) is 2.97. The number of imidazole rings is 1. The number of halogens is 1. The van der Waals surface area contributed by atoms with Crippen molar-refractivity contribution in [2.24, 2.45) is 0 Å². The van der Waals surface area contributed by atoms with Crippen LogP contribution in [-0.2, 0) is 6.54 Å². The van der Waals surface area contributed by atoms with Crippen molar-refractivity contribution in [3.63, 3.8) is 0 Å².